The summed E-state index contributed by atoms with van der Waals surface area (Å²) in [4.78, 5) is 27.1. The number of benzene rings is 1. The van der Waals surface area contributed by atoms with Gasteiger partial charge in [-0.3, -0.25) is 4.72 Å². The number of piperidine rings is 1. The number of rotatable bonds is 9. The first-order valence-electron chi connectivity index (χ1n) is 14.8. The van der Waals surface area contributed by atoms with Gasteiger partial charge in [-0.2, -0.15) is 12.7 Å². The summed E-state index contributed by atoms with van der Waals surface area (Å²) in [5, 5.41) is 4.47. The largest absolute Gasteiger partial charge is 0.377 e. The molecule has 0 spiro atoms. The smallest absolute Gasteiger partial charge is 0.301 e. The Hall–Kier alpha value is -3.35. The third-order valence-electron chi connectivity index (χ3n) is 8.09. The first kappa shape index (κ1) is 30.1. The number of likely N-dealkylation sites (N-methyl/N-ethyl adjacent to an activating group) is 1. The number of hydrogen-bond acceptors (Lipinski definition) is 8. The van der Waals surface area contributed by atoms with E-state index in [-0.39, 0.29) is 17.6 Å². The van der Waals surface area contributed by atoms with Crippen LogP contribution >= 0.6 is 0 Å². The number of carbonyl (C=O) groups excluding carboxylic acids is 1. The van der Waals surface area contributed by atoms with E-state index in [1.807, 2.05) is 37.5 Å². The number of anilines is 4. The van der Waals surface area contributed by atoms with Gasteiger partial charge in [0.2, 0.25) is 0 Å². The van der Waals surface area contributed by atoms with E-state index in [1.54, 1.807) is 6.07 Å². The third-order valence-corrected chi connectivity index (χ3v) is 9.63. The molecule has 42 heavy (non-hydrogen) atoms. The van der Waals surface area contributed by atoms with Crippen molar-refractivity contribution in [1.82, 2.24) is 19.2 Å². The van der Waals surface area contributed by atoms with Crippen molar-refractivity contribution >= 4 is 50.4 Å². The minimum absolute atomic E-state index is 0.105. The number of nitrogens with zero attached hydrogens (tertiary/aromatic N) is 5. The maximum absolute atomic E-state index is 13.0. The van der Waals surface area contributed by atoms with Crippen LogP contribution in [0.5, 0.6) is 0 Å². The number of aromatic nitrogens is 2. The molecule has 1 aromatic carbocycles. The molecule has 0 saturated carbocycles. The standard InChI is InChI=1S/C30H44N8O3S/c1-6-37(29-27(8-7-12-31-29)33-30(2,3)4)24-11-13-38(25(20-24)21-39)28-19-22-18-23(9-10-26(22)32-28)34-42(40,41)36-16-14-35(5)15-17-36/h7-10,12,18-19,21,24-25,32-34H,6,11,13-17,20H2,1-5H3. The van der Waals surface area contributed by atoms with Crippen LogP contribution in [-0.4, -0.2) is 97.8 Å². The molecule has 2 aromatic heterocycles. The van der Waals surface area contributed by atoms with Gasteiger partial charge in [0.05, 0.1) is 17.4 Å². The maximum Gasteiger partial charge on any atom is 0.301 e. The molecule has 2 fully saturated rings. The van der Waals surface area contributed by atoms with Crippen molar-refractivity contribution in [3.8, 4) is 0 Å². The molecule has 12 heteroatoms. The molecule has 2 unspecified atom stereocenters. The summed E-state index contributed by atoms with van der Waals surface area (Å²) in [7, 11) is -1.64. The van der Waals surface area contributed by atoms with Crippen LogP contribution in [0.25, 0.3) is 10.9 Å². The average Bonchev–Trinajstić information content (AvgIpc) is 3.36. The van der Waals surface area contributed by atoms with Crippen LogP contribution in [0.3, 0.4) is 0 Å². The van der Waals surface area contributed by atoms with Crippen molar-refractivity contribution in [2.45, 2.75) is 58.2 Å². The zero-order valence-electron chi connectivity index (χ0n) is 25.3. The van der Waals surface area contributed by atoms with Crippen LogP contribution in [0.1, 0.15) is 40.5 Å². The SMILES string of the molecule is CCN(c1ncccc1NC(C)(C)C)C1CCN(c2cc3cc(NS(=O)(=O)N4CCN(C)CC4)ccc3[nH]2)C(C=O)C1. The third kappa shape index (κ3) is 6.66. The first-order chi connectivity index (χ1) is 20.0. The number of nitrogens with one attached hydrogen (secondary N) is 3. The highest BCUT2D eigenvalue weighted by molar-refractivity contribution is 7.90. The predicted molar refractivity (Wildman–Crippen MR) is 171 cm³/mol. The van der Waals surface area contributed by atoms with Gasteiger partial charge < -0.3 is 29.8 Å². The van der Waals surface area contributed by atoms with Crippen molar-refractivity contribution < 1.29 is 13.2 Å². The Labute approximate surface area is 249 Å². The topological polar surface area (TPSA) is 117 Å². The molecular weight excluding hydrogens is 552 g/mol. The summed E-state index contributed by atoms with van der Waals surface area (Å²) < 4.78 is 30.2. The molecule has 11 nitrogen and oxygen atoms in total. The van der Waals surface area contributed by atoms with Gasteiger partial charge in [-0.05, 0) is 84.0 Å². The molecule has 0 aliphatic carbocycles. The zero-order valence-corrected chi connectivity index (χ0v) is 26.1. The molecule has 2 saturated heterocycles. The minimum Gasteiger partial charge on any atom is -0.377 e. The van der Waals surface area contributed by atoms with Gasteiger partial charge in [-0.15, -0.1) is 0 Å². The lowest BCUT2D eigenvalue weighted by Gasteiger charge is -2.43. The summed E-state index contributed by atoms with van der Waals surface area (Å²) in [5.41, 5.74) is 2.30. The molecule has 228 valence electrons. The van der Waals surface area contributed by atoms with E-state index < -0.39 is 10.2 Å². The number of aldehydes is 1. The van der Waals surface area contributed by atoms with E-state index in [0.717, 1.165) is 47.5 Å². The normalized spacial score (nSPS) is 20.9. The zero-order chi connectivity index (χ0) is 30.1. The molecule has 0 amide bonds. The monoisotopic (exact) mass is 596 g/mol. The van der Waals surface area contributed by atoms with Gasteiger partial charge >= 0.3 is 10.2 Å². The fourth-order valence-electron chi connectivity index (χ4n) is 5.97. The van der Waals surface area contributed by atoms with E-state index >= 15 is 0 Å². The average molecular weight is 597 g/mol. The molecule has 5 rings (SSSR count). The van der Waals surface area contributed by atoms with Crippen LogP contribution in [-0.2, 0) is 15.0 Å². The van der Waals surface area contributed by atoms with E-state index in [0.29, 0.717) is 44.8 Å². The maximum atomic E-state index is 13.0. The molecule has 2 atom stereocenters. The lowest BCUT2D eigenvalue weighted by Crippen LogP contribution is -2.51. The number of fused-ring (bicyclic) bond motifs is 1. The Morgan fingerprint density at radius 1 is 1.12 bits per heavy atom. The second-order valence-corrected chi connectivity index (χ2v) is 14.0. The Bertz CT molecular complexity index is 1490. The van der Waals surface area contributed by atoms with Crippen molar-refractivity contribution in [2.24, 2.45) is 0 Å². The lowest BCUT2D eigenvalue weighted by atomic mass is 9.96. The second-order valence-electron chi connectivity index (χ2n) is 12.4. The van der Waals surface area contributed by atoms with Gasteiger partial charge in [0, 0.05) is 67.9 Å². The molecule has 0 radical (unpaired) electrons. The van der Waals surface area contributed by atoms with Crippen LogP contribution in [0, 0.1) is 0 Å². The Kier molecular flexibility index (Phi) is 8.68. The second kappa shape index (κ2) is 12.1. The number of hydrogen-bond donors (Lipinski definition) is 3. The number of aromatic amines is 1. The highest BCUT2D eigenvalue weighted by Crippen LogP contribution is 2.34. The van der Waals surface area contributed by atoms with Crippen LogP contribution in [0.15, 0.2) is 42.6 Å². The number of piperazine rings is 1. The van der Waals surface area contributed by atoms with Gasteiger partial charge in [-0.1, -0.05) is 0 Å². The molecule has 3 N–H and O–H groups in total. The molecule has 2 aliphatic rings. The Morgan fingerprint density at radius 3 is 2.57 bits per heavy atom. The Morgan fingerprint density at radius 2 is 1.88 bits per heavy atom. The summed E-state index contributed by atoms with van der Waals surface area (Å²) in [6.07, 6.45) is 4.40. The summed E-state index contributed by atoms with van der Waals surface area (Å²) in [6.45, 7) is 12.4. The van der Waals surface area contributed by atoms with Crippen molar-refractivity contribution in [1.29, 1.82) is 0 Å². The van der Waals surface area contributed by atoms with Crippen molar-refractivity contribution in [3.05, 3.63) is 42.6 Å². The fraction of sp³-hybridized carbons (Fsp3) is 0.533. The molecule has 2 aliphatic heterocycles. The number of H-pyrrole nitrogens is 1. The fourth-order valence-corrected chi connectivity index (χ4v) is 7.17. The molecular formula is C30H44N8O3S. The quantitative estimate of drug-likeness (QED) is 0.320. The van der Waals surface area contributed by atoms with E-state index in [9.17, 15) is 13.2 Å². The van der Waals surface area contributed by atoms with E-state index in [4.69, 9.17) is 4.98 Å². The lowest BCUT2D eigenvalue weighted by molar-refractivity contribution is -0.109. The summed E-state index contributed by atoms with van der Waals surface area (Å²) >= 11 is 0. The van der Waals surface area contributed by atoms with Crippen LogP contribution < -0.4 is 19.8 Å². The summed E-state index contributed by atoms with van der Waals surface area (Å²) in [6, 6.07) is 11.4. The molecule has 3 aromatic rings. The van der Waals surface area contributed by atoms with Crippen LogP contribution in [0.2, 0.25) is 0 Å². The highest BCUT2D eigenvalue weighted by Gasteiger charge is 2.34. The van der Waals surface area contributed by atoms with Gasteiger partial charge in [0.1, 0.15) is 12.1 Å². The number of pyridine rings is 1. The minimum atomic E-state index is -3.63. The first-order valence-corrected chi connectivity index (χ1v) is 16.2. The Balaban J connectivity index is 1.31. The van der Waals surface area contributed by atoms with E-state index in [2.05, 4.69) is 63.5 Å². The van der Waals surface area contributed by atoms with Gasteiger partial charge in [0.15, 0.2) is 5.82 Å². The molecule has 0 bridgehead atoms. The molecule has 4 heterocycles. The number of carbonyl (C=O) groups is 1. The predicted octanol–water partition coefficient (Wildman–Crippen LogP) is 3.74. The highest BCUT2D eigenvalue weighted by atomic mass is 32.2. The van der Waals surface area contributed by atoms with Crippen molar-refractivity contribution in [2.75, 3.05) is 66.2 Å². The summed E-state index contributed by atoms with van der Waals surface area (Å²) in [5.74, 6) is 1.77. The van der Waals surface area contributed by atoms with Gasteiger partial charge in [-0.25, -0.2) is 4.98 Å². The van der Waals surface area contributed by atoms with Crippen LogP contribution in [0.4, 0.5) is 23.0 Å². The van der Waals surface area contributed by atoms with Gasteiger partial charge in [0.25, 0.3) is 0 Å². The van der Waals surface area contributed by atoms with Crippen molar-refractivity contribution in [3.63, 3.8) is 0 Å². The van der Waals surface area contributed by atoms with E-state index in [1.165, 1.54) is 4.31 Å².